The molecule has 0 bridgehead atoms. The van der Waals surface area contributed by atoms with Gasteiger partial charge in [-0.1, -0.05) is 0 Å². The normalized spacial score (nSPS) is 11.2. The van der Waals surface area contributed by atoms with Crippen LogP contribution in [-0.2, 0) is 16.1 Å². The zero-order chi connectivity index (χ0) is 25.7. The number of H-pyrrole nitrogens is 1. The third kappa shape index (κ3) is 6.17. The molecule has 3 rings (SSSR count). The number of aromatic amines is 1. The van der Waals surface area contributed by atoms with Gasteiger partial charge in [0.05, 0.1) is 19.1 Å². The lowest BCUT2D eigenvalue weighted by Crippen LogP contribution is -2.30. The topological polar surface area (TPSA) is 113 Å². The largest absolute Gasteiger partial charge is 0.464 e. The van der Waals surface area contributed by atoms with Gasteiger partial charge in [-0.25, -0.2) is 18.6 Å². The van der Waals surface area contributed by atoms with E-state index in [4.69, 9.17) is 4.74 Å². The summed E-state index contributed by atoms with van der Waals surface area (Å²) in [5, 5.41) is 5.16. The number of hydrogen-bond acceptors (Lipinski definition) is 5. The minimum atomic E-state index is -0.749. The van der Waals surface area contributed by atoms with Crippen molar-refractivity contribution in [2.75, 3.05) is 7.11 Å². The molecule has 0 fully saturated rings. The summed E-state index contributed by atoms with van der Waals surface area (Å²) in [5.74, 6) is -3.26. The summed E-state index contributed by atoms with van der Waals surface area (Å²) in [5.41, 5.74) is 2.86. The number of nitrogens with one attached hydrogen (secondary N) is 3. The second kappa shape index (κ2) is 10.7. The number of benzene rings is 2. The molecule has 3 aromatic rings. The number of carbonyl (C=O) groups is 3. The van der Waals surface area contributed by atoms with Gasteiger partial charge in [-0.2, -0.15) is 0 Å². The van der Waals surface area contributed by atoms with Gasteiger partial charge in [0.2, 0.25) is 0 Å². The van der Waals surface area contributed by atoms with E-state index in [1.165, 1.54) is 31.6 Å². The molecule has 0 unspecified atom stereocenters. The number of aromatic nitrogens is 2. The summed E-state index contributed by atoms with van der Waals surface area (Å²) in [6, 6.07) is 6.04. The maximum atomic E-state index is 13.4. The van der Waals surface area contributed by atoms with E-state index in [0.717, 1.165) is 18.2 Å². The summed E-state index contributed by atoms with van der Waals surface area (Å²) in [4.78, 5) is 44.8. The number of methoxy groups -OCH3 is 1. The fourth-order valence-corrected chi connectivity index (χ4v) is 3.54. The number of rotatable bonds is 7. The highest BCUT2D eigenvalue weighted by Crippen LogP contribution is 2.18. The molecule has 0 aliphatic heterocycles. The minimum Gasteiger partial charge on any atom is -0.464 e. The Morgan fingerprint density at radius 1 is 1.00 bits per heavy atom. The monoisotopic (exact) mass is 482 g/mol. The van der Waals surface area contributed by atoms with Gasteiger partial charge in [0, 0.05) is 29.4 Å². The van der Waals surface area contributed by atoms with Crippen molar-refractivity contribution in [3.8, 4) is 0 Å². The lowest BCUT2D eigenvalue weighted by atomic mass is 9.98. The first-order chi connectivity index (χ1) is 16.6. The lowest BCUT2D eigenvalue weighted by Gasteiger charge is -2.14. The Bertz CT molecular complexity index is 1290. The number of halogens is 2. The van der Waals surface area contributed by atoms with E-state index in [1.807, 2.05) is 0 Å². The second-order valence-corrected chi connectivity index (χ2v) is 7.86. The SMILES string of the molecule is COC(=O)C(=Cc1nc[nH]c1C)NC(=O)c1c(C)cc(C(=O)NCc2cc(F)cc(F)c2)cc1C. The predicted molar refractivity (Wildman–Crippen MR) is 124 cm³/mol. The average molecular weight is 482 g/mol. The average Bonchev–Trinajstić information content (AvgIpc) is 3.19. The van der Waals surface area contributed by atoms with Crippen molar-refractivity contribution in [2.45, 2.75) is 27.3 Å². The van der Waals surface area contributed by atoms with Crippen LogP contribution >= 0.6 is 0 Å². The van der Waals surface area contributed by atoms with Crippen molar-refractivity contribution in [1.29, 1.82) is 0 Å². The molecule has 0 saturated heterocycles. The first-order valence-corrected chi connectivity index (χ1v) is 10.5. The predicted octanol–water partition coefficient (Wildman–Crippen LogP) is 3.49. The van der Waals surface area contributed by atoms with Crippen molar-refractivity contribution in [3.63, 3.8) is 0 Å². The van der Waals surface area contributed by atoms with E-state index < -0.39 is 29.4 Å². The molecule has 35 heavy (non-hydrogen) atoms. The van der Waals surface area contributed by atoms with Gasteiger partial charge in [0.25, 0.3) is 11.8 Å². The number of aryl methyl sites for hydroxylation is 3. The van der Waals surface area contributed by atoms with Gasteiger partial charge in [-0.15, -0.1) is 0 Å². The minimum absolute atomic E-state index is 0.0757. The summed E-state index contributed by atoms with van der Waals surface area (Å²) in [6.07, 6.45) is 2.86. The van der Waals surface area contributed by atoms with Gasteiger partial charge in [0.1, 0.15) is 17.3 Å². The number of esters is 1. The Hall–Kier alpha value is -4.34. The standard InChI is InChI=1S/C25H24F2N4O4/c1-13-5-17(23(32)28-11-16-7-18(26)9-19(27)8-16)6-14(2)22(13)24(33)31-21(25(34)35-4)10-20-15(3)29-12-30-20/h5-10,12H,11H2,1-4H3,(H,28,32)(H,29,30)(H,31,33). The molecule has 1 heterocycles. The Morgan fingerprint density at radius 2 is 1.63 bits per heavy atom. The number of amides is 2. The Kier molecular flexibility index (Phi) is 7.75. The van der Waals surface area contributed by atoms with Gasteiger partial charge in [-0.05, 0) is 67.8 Å². The number of imidazole rings is 1. The van der Waals surface area contributed by atoms with Crippen LogP contribution in [0.3, 0.4) is 0 Å². The summed E-state index contributed by atoms with van der Waals surface area (Å²) in [6.45, 7) is 4.99. The van der Waals surface area contributed by atoms with Crippen LogP contribution in [0.25, 0.3) is 6.08 Å². The number of hydrogen-bond donors (Lipinski definition) is 3. The molecule has 0 atom stereocenters. The molecule has 2 amide bonds. The molecule has 0 radical (unpaired) electrons. The molecular formula is C25H24F2N4O4. The first kappa shape index (κ1) is 25.3. The van der Waals surface area contributed by atoms with E-state index in [0.29, 0.717) is 22.5 Å². The Morgan fingerprint density at radius 3 is 2.17 bits per heavy atom. The van der Waals surface area contributed by atoms with Gasteiger partial charge in [-0.3, -0.25) is 9.59 Å². The third-order valence-corrected chi connectivity index (χ3v) is 5.20. The molecule has 1 aromatic heterocycles. The number of carbonyl (C=O) groups excluding carboxylic acids is 3. The zero-order valence-electron chi connectivity index (χ0n) is 19.6. The molecule has 2 aromatic carbocycles. The molecule has 10 heteroatoms. The Balaban J connectivity index is 1.79. The van der Waals surface area contributed by atoms with Crippen LogP contribution in [0.2, 0.25) is 0 Å². The van der Waals surface area contributed by atoms with Gasteiger partial charge >= 0.3 is 5.97 Å². The highest BCUT2D eigenvalue weighted by Gasteiger charge is 2.20. The van der Waals surface area contributed by atoms with Crippen molar-refractivity contribution in [1.82, 2.24) is 20.6 Å². The highest BCUT2D eigenvalue weighted by atomic mass is 19.1. The molecule has 0 spiro atoms. The van der Waals surface area contributed by atoms with Gasteiger partial charge in [0.15, 0.2) is 0 Å². The van der Waals surface area contributed by atoms with Crippen LogP contribution in [0.5, 0.6) is 0 Å². The van der Waals surface area contributed by atoms with E-state index in [-0.39, 0.29) is 28.9 Å². The summed E-state index contributed by atoms with van der Waals surface area (Å²) >= 11 is 0. The van der Waals surface area contributed by atoms with Crippen molar-refractivity contribution in [2.24, 2.45) is 0 Å². The molecular weight excluding hydrogens is 458 g/mol. The smallest absolute Gasteiger partial charge is 0.354 e. The summed E-state index contributed by atoms with van der Waals surface area (Å²) in [7, 11) is 1.20. The molecule has 8 nitrogen and oxygen atoms in total. The van der Waals surface area contributed by atoms with Crippen LogP contribution in [0.4, 0.5) is 8.78 Å². The van der Waals surface area contributed by atoms with E-state index >= 15 is 0 Å². The van der Waals surface area contributed by atoms with Crippen LogP contribution in [-0.4, -0.2) is 34.9 Å². The quantitative estimate of drug-likeness (QED) is 0.353. The van der Waals surface area contributed by atoms with Crippen molar-refractivity contribution in [3.05, 3.63) is 93.2 Å². The van der Waals surface area contributed by atoms with E-state index in [2.05, 4.69) is 20.6 Å². The van der Waals surface area contributed by atoms with Crippen LogP contribution in [0, 0.1) is 32.4 Å². The number of ether oxygens (including phenoxy) is 1. The molecule has 0 aliphatic rings. The zero-order valence-corrected chi connectivity index (χ0v) is 19.6. The fourth-order valence-electron chi connectivity index (χ4n) is 3.54. The molecule has 0 aliphatic carbocycles. The van der Waals surface area contributed by atoms with Crippen molar-refractivity contribution >= 4 is 23.9 Å². The Labute approximate surface area is 200 Å². The van der Waals surface area contributed by atoms with E-state index in [9.17, 15) is 23.2 Å². The molecule has 182 valence electrons. The van der Waals surface area contributed by atoms with Crippen LogP contribution in [0.15, 0.2) is 42.4 Å². The van der Waals surface area contributed by atoms with Gasteiger partial charge < -0.3 is 20.4 Å². The highest BCUT2D eigenvalue weighted by molar-refractivity contribution is 6.05. The maximum absolute atomic E-state index is 13.4. The first-order valence-electron chi connectivity index (χ1n) is 10.5. The van der Waals surface area contributed by atoms with Crippen LogP contribution in [0.1, 0.15) is 48.8 Å². The fraction of sp³-hybridized carbons (Fsp3) is 0.200. The maximum Gasteiger partial charge on any atom is 0.354 e. The lowest BCUT2D eigenvalue weighted by molar-refractivity contribution is -0.136. The van der Waals surface area contributed by atoms with Crippen molar-refractivity contribution < 1.29 is 27.9 Å². The third-order valence-electron chi connectivity index (χ3n) is 5.20. The summed E-state index contributed by atoms with van der Waals surface area (Å²) < 4.78 is 31.5. The van der Waals surface area contributed by atoms with E-state index in [1.54, 1.807) is 20.8 Å². The number of nitrogens with zero attached hydrogens (tertiary/aromatic N) is 1. The van der Waals surface area contributed by atoms with Crippen LogP contribution < -0.4 is 10.6 Å². The second-order valence-electron chi connectivity index (χ2n) is 7.86. The molecule has 3 N–H and O–H groups in total. The molecule has 0 saturated carbocycles.